The van der Waals surface area contributed by atoms with Crippen LogP contribution in [0.4, 0.5) is 0 Å². The van der Waals surface area contributed by atoms with E-state index in [0.29, 0.717) is 6.54 Å². The summed E-state index contributed by atoms with van der Waals surface area (Å²) in [5, 5.41) is 11.1. The fourth-order valence-corrected chi connectivity index (χ4v) is 3.09. The summed E-state index contributed by atoms with van der Waals surface area (Å²) in [6, 6.07) is 7.44. The third-order valence-corrected chi connectivity index (χ3v) is 4.52. The standard InChI is InChI=1S/C17H26N2O3/c1-17(21,13-7-9-14(22-4)10-8-13)15-6-5-11-19(15)12-16(20)18(2)3/h7-10,15,21H,5-6,11-12H2,1-4H3/t15-,17+/m1/s1. The predicted octanol–water partition coefficient (Wildman–Crippen LogP) is 1.46. The summed E-state index contributed by atoms with van der Waals surface area (Å²) >= 11 is 0. The Labute approximate surface area is 132 Å². The monoisotopic (exact) mass is 306 g/mol. The molecule has 1 saturated heterocycles. The lowest BCUT2D eigenvalue weighted by Gasteiger charge is -2.37. The van der Waals surface area contributed by atoms with Gasteiger partial charge in [0.05, 0.1) is 13.7 Å². The highest BCUT2D eigenvalue weighted by atomic mass is 16.5. The second kappa shape index (κ2) is 6.67. The minimum atomic E-state index is -0.991. The van der Waals surface area contributed by atoms with Crippen LogP contribution in [0.1, 0.15) is 25.3 Å². The zero-order chi connectivity index (χ0) is 16.3. The van der Waals surface area contributed by atoms with Gasteiger partial charge < -0.3 is 14.7 Å². The molecule has 22 heavy (non-hydrogen) atoms. The Hall–Kier alpha value is -1.59. The SMILES string of the molecule is COc1ccc([C@](C)(O)[C@H]2CCCN2CC(=O)N(C)C)cc1. The van der Waals surface area contributed by atoms with Crippen molar-refractivity contribution in [2.75, 3.05) is 34.3 Å². The number of benzene rings is 1. The molecule has 1 aromatic carbocycles. The van der Waals surface area contributed by atoms with Gasteiger partial charge in [-0.05, 0) is 44.0 Å². The summed E-state index contributed by atoms with van der Waals surface area (Å²) in [6.07, 6.45) is 1.89. The fourth-order valence-electron chi connectivity index (χ4n) is 3.09. The van der Waals surface area contributed by atoms with Crippen molar-refractivity contribution in [1.82, 2.24) is 9.80 Å². The van der Waals surface area contributed by atoms with Crippen molar-refractivity contribution in [3.8, 4) is 5.75 Å². The van der Waals surface area contributed by atoms with Crippen LogP contribution in [-0.2, 0) is 10.4 Å². The summed E-state index contributed by atoms with van der Waals surface area (Å²) in [7, 11) is 5.14. The van der Waals surface area contributed by atoms with Crippen LogP contribution in [0, 0.1) is 0 Å². The zero-order valence-electron chi connectivity index (χ0n) is 13.9. The lowest BCUT2D eigenvalue weighted by Crippen LogP contribution is -2.48. The average Bonchev–Trinajstić information content (AvgIpc) is 2.96. The van der Waals surface area contributed by atoms with Gasteiger partial charge in [-0.3, -0.25) is 9.69 Å². The largest absolute Gasteiger partial charge is 0.497 e. The van der Waals surface area contributed by atoms with Gasteiger partial charge in [-0.25, -0.2) is 0 Å². The molecule has 1 fully saturated rings. The molecule has 1 aromatic rings. The van der Waals surface area contributed by atoms with Gasteiger partial charge in [0.1, 0.15) is 11.4 Å². The van der Waals surface area contributed by atoms with Crippen LogP contribution < -0.4 is 4.74 Å². The number of ether oxygens (including phenoxy) is 1. The molecule has 0 saturated carbocycles. The van der Waals surface area contributed by atoms with Crippen molar-refractivity contribution in [1.29, 1.82) is 0 Å². The average molecular weight is 306 g/mol. The number of nitrogens with zero attached hydrogens (tertiary/aromatic N) is 2. The van der Waals surface area contributed by atoms with E-state index in [1.165, 1.54) is 0 Å². The number of rotatable bonds is 5. The van der Waals surface area contributed by atoms with E-state index in [0.717, 1.165) is 30.7 Å². The molecule has 5 heteroatoms. The van der Waals surface area contributed by atoms with Crippen LogP contribution in [-0.4, -0.2) is 61.2 Å². The van der Waals surface area contributed by atoms with E-state index in [9.17, 15) is 9.90 Å². The highest BCUT2D eigenvalue weighted by molar-refractivity contribution is 5.77. The molecule has 2 rings (SSSR count). The Bertz CT molecular complexity index is 511. The molecule has 1 aliphatic rings. The van der Waals surface area contributed by atoms with Crippen LogP contribution in [0.25, 0.3) is 0 Å². The molecule has 0 unspecified atom stereocenters. The molecule has 1 heterocycles. The molecule has 1 N–H and O–H groups in total. The Morgan fingerprint density at radius 3 is 2.59 bits per heavy atom. The number of likely N-dealkylation sites (tertiary alicyclic amines) is 1. The minimum Gasteiger partial charge on any atom is -0.497 e. The molecule has 0 radical (unpaired) electrons. The predicted molar refractivity (Wildman–Crippen MR) is 85.9 cm³/mol. The molecule has 1 amide bonds. The quantitative estimate of drug-likeness (QED) is 0.895. The third-order valence-electron chi connectivity index (χ3n) is 4.52. The summed E-state index contributed by atoms with van der Waals surface area (Å²) in [5.74, 6) is 0.836. The van der Waals surface area contributed by atoms with Crippen molar-refractivity contribution in [2.45, 2.75) is 31.4 Å². The van der Waals surface area contributed by atoms with Gasteiger partial charge in [-0.1, -0.05) is 12.1 Å². The first-order chi connectivity index (χ1) is 10.4. The van der Waals surface area contributed by atoms with E-state index in [4.69, 9.17) is 4.74 Å². The maximum absolute atomic E-state index is 12.0. The van der Waals surface area contributed by atoms with Crippen LogP contribution >= 0.6 is 0 Å². The summed E-state index contributed by atoms with van der Waals surface area (Å²) in [6.45, 7) is 3.03. The Kier molecular flexibility index (Phi) is 5.08. The third kappa shape index (κ3) is 3.42. The smallest absolute Gasteiger partial charge is 0.236 e. The first-order valence-corrected chi connectivity index (χ1v) is 7.67. The number of methoxy groups -OCH3 is 1. The molecular weight excluding hydrogens is 280 g/mol. The number of hydrogen-bond acceptors (Lipinski definition) is 4. The highest BCUT2D eigenvalue weighted by Gasteiger charge is 2.41. The fraction of sp³-hybridized carbons (Fsp3) is 0.588. The van der Waals surface area contributed by atoms with E-state index in [2.05, 4.69) is 4.90 Å². The van der Waals surface area contributed by atoms with E-state index < -0.39 is 5.60 Å². The lowest BCUT2D eigenvalue weighted by atomic mass is 9.86. The number of hydrogen-bond donors (Lipinski definition) is 1. The van der Waals surface area contributed by atoms with E-state index >= 15 is 0 Å². The van der Waals surface area contributed by atoms with Gasteiger partial charge in [0.15, 0.2) is 0 Å². The number of amides is 1. The van der Waals surface area contributed by atoms with Crippen LogP contribution in [0.15, 0.2) is 24.3 Å². The summed E-state index contributed by atoms with van der Waals surface area (Å²) in [4.78, 5) is 15.7. The van der Waals surface area contributed by atoms with Gasteiger partial charge in [0, 0.05) is 20.1 Å². The Balaban J connectivity index is 2.17. The van der Waals surface area contributed by atoms with Crippen molar-refractivity contribution in [3.63, 3.8) is 0 Å². The van der Waals surface area contributed by atoms with Crippen LogP contribution in [0.3, 0.4) is 0 Å². The van der Waals surface area contributed by atoms with Crippen LogP contribution in [0.2, 0.25) is 0 Å². The Morgan fingerprint density at radius 1 is 1.41 bits per heavy atom. The second-order valence-electron chi connectivity index (χ2n) is 6.29. The van der Waals surface area contributed by atoms with E-state index in [-0.39, 0.29) is 11.9 Å². The van der Waals surface area contributed by atoms with E-state index in [1.54, 1.807) is 26.1 Å². The van der Waals surface area contributed by atoms with Gasteiger partial charge in [-0.15, -0.1) is 0 Å². The number of likely N-dealkylation sites (N-methyl/N-ethyl adjacent to an activating group) is 1. The first-order valence-electron chi connectivity index (χ1n) is 7.67. The van der Waals surface area contributed by atoms with Crippen LogP contribution in [0.5, 0.6) is 5.75 Å². The molecule has 5 nitrogen and oxygen atoms in total. The molecular formula is C17H26N2O3. The molecule has 122 valence electrons. The zero-order valence-corrected chi connectivity index (χ0v) is 13.9. The number of aliphatic hydroxyl groups is 1. The summed E-state index contributed by atoms with van der Waals surface area (Å²) < 4.78 is 5.17. The Morgan fingerprint density at radius 2 is 2.05 bits per heavy atom. The van der Waals surface area contributed by atoms with Crippen molar-refractivity contribution < 1.29 is 14.6 Å². The highest BCUT2D eigenvalue weighted by Crippen LogP contribution is 2.35. The minimum absolute atomic E-state index is 0.0511. The van der Waals surface area contributed by atoms with Gasteiger partial charge in [0.25, 0.3) is 0 Å². The first kappa shape index (κ1) is 16.8. The van der Waals surface area contributed by atoms with E-state index in [1.807, 2.05) is 31.2 Å². The molecule has 1 aliphatic heterocycles. The van der Waals surface area contributed by atoms with Crippen molar-refractivity contribution >= 4 is 5.91 Å². The topological polar surface area (TPSA) is 53.0 Å². The van der Waals surface area contributed by atoms with Crippen molar-refractivity contribution in [2.24, 2.45) is 0 Å². The van der Waals surface area contributed by atoms with Gasteiger partial charge in [0.2, 0.25) is 5.91 Å². The number of carbonyl (C=O) groups is 1. The van der Waals surface area contributed by atoms with Crippen molar-refractivity contribution in [3.05, 3.63) is 29.8 Å². The number of carbonyl (C=O) groups excluding carboxylic acids is 1. The molecule has 0 aliphatic carbocycles. The summed E-state index contributed by atoms with van der Waals surface area (Å²) in [5.41, 5.74) is -0.141. The molecule has 2 atom stereocenters. The second-order valence-corrected chi connectivity index (χ2v) is 6.29. The lowest BCUT2D eigenvalue weighted by molar-refractivity contribution is -0.131. The van der Waals surface area contributed by atoms with Gasteiger partial charge >= 0.3 is 0 Å². The van der Waals surface area contributed by atoms with Gasteiger partial charge in [-0.2, -0.15) is 0 Å². The maximum atomic E-state index is 12.0. The molecule has 0 aromatic heterocycles. The maximum Gasteiger partial charge on any atom is 0.236 e. The molecule has 0 bridgehead atoms. The normalized spacial score (nSPS) is 21.4. The molecule has 0 spiro atoms.